The van der Waals surface area contributed by atoms with E-state index < -0.39 is 0 Å². The van der Waals surface area contributed by atoms with Crippen molar-refractivity contribution < 1.29 is 0 Å². The SMILES string of the molecule is CC(C)Cc1ncc(C#N)n1C. The number of nitriles is 1. The molecule has 1 aromatic rings. The first-order valence-corrected chi connectivity index (χ1v) is 4.06. The van der Waals surface area contributed by atoms with Crippen molar-refractivity contribution in [3.05, 3.63) is 17.7 Å². The Bertz CT molecular complexity index is 304. The smallest absolute Gasteiger partial charge is 0.139 e. The number of imidazole rings is 1. The minimum absolute atomic E-state index is 0.581. The van der Waals surface area contributed by atoms with Gasteiger partial charge in [-0.15, -0.1) is 0 Å². The maximum absolute atomic E-state index is 8.66. The van der Waals surface area contributed by atoms with Crippen LogP contribution in [0.25, 0.3) is 0 Å². The van der Waals surface area contributed by atoms with Crippen molar-refractivity contribution in [2.24, 2.45) is 13.0 Å². The van der Waals surface area contributed by atoms with Crippen LogP contribution < -0.4 is 0 Å². The summed E-state index contributed by atoms with van der Waals surface area (Å²) >= 11 is 0. The first kappa shape index (κ1) is 8.79. The lowest BCUT2D eigenvalue weighted by Crippen LogP contribution is -2.03. The summed E-state index contributed by atoms with van der Waals surface area (Å²) in [4.78, 5) is 4.17. The molecule has 1 heterocycles. The Morgan fingerprint density at radius 1 is 1.67 bits per heavy atom. The average molecular weight is 163 g/mol. The summed E-state index contributed by atoms with van der Waals surface area (Å²) in [7, 11) is 1.88. The molecule has 12 heavy (non-hydrogen) atoms. The van der Waals surface area contributed by atoms with Crippen molar-refractivity contribution >= 4 is 0 Å². The van der Waals surface area contributed by atoms with Gasteiger partial charge in [0.05, 0.1) is 6.20 Å². The zero-order valence-electron chi connectivity index (χ0n) is 7.70. The van der Waals surface area contributed by atoms with E-state index in [2.05, 4.69) is 24.9 Å². The van der Waals surface area contributed by atoms with E-state index in [-0.39, 0.29) is 0 Å². The molecular formula is C9H13N3. The van der Waals surface area contributed by atoms with Gasteiger partial charge in [-0.3, -0.25) is 0 Å². The van der Waals surface area contributed by atoms with Crippen LogP contribution >= 0.6 is 0 Å². The van der Waals surface area contributed by atoms with Gasteiger partial charge in [-0.05, 0) is 5.92 Å². The Morgan fingerprint density at radius 2 is 2.33 bits per heavy atom. The third-order valence-electron chi connectivity index (χ3n) is 1.79. The van der Waals surface area contributed by atoms with Gasteiger partial charge in [0.1, 0.15) is 17.6 Å². The number of rotatable bonds is 2. The molecule has 0 amide bonds. The third-order valence-corrected chi connectivity index (χ3v) is 1.79. The minimum Gasteiger partial charge on any atom is -0.323 e. The Labute approximate surface area is 72.7 Å². The van der Waals surface area contributed by atoms with E-state index in [9.17, 15) is 0 Å². The fraction of sp³-hybridized carbons (Fsp3) is 0.556. The Hall–Kier alpha value is -1.30. The number of hydrogen-bond donors (Lipinski definition) is 0. The van der Waals surface area contributed by atoms with Gasteiger partial charge in [0.15, 0.2) is 0 Å². The Balaban J connectivity index is 2.89. The molecule has 0 radical (unpaired) electrons. The molecule has 0 fully saturated rings. The van der Waals surface area contributed by atoms with Gasteiger partial charge in [0, 0.05) is 13.5 Å². The summed E-state index contributed by atoms with van der Waals surface area (Å²) < 4.78 is 1.85. The summed E-state index contributed by atoms with van der Waals surface area (Å²) in [6.07, 6.45) is 2.55. The second-order valence-electron chi connectivity index (χ2n) is 3.33. The van der Waals surface area contributed by atoms with Crippen LogP contribution in [-0.2, 0) is 13.5 Å². The van der Waals surface area contributed by atoms with E-state index in [1.807, 2.05) is 11.6 Å². The predicted molar refractivity (Wildman–Crippen MR) is 46.5 cm³/mol. The van der Waals surface area contributed by atoms with Gasteiger partial charge in [-0.25, -0.2) is 4.98 Å². The summed E-state index contributed by atoms with van der Waals surface area (Å²) in [6.45, 7) is 4.28. The van der Waals surface area contributed by atoms with E-state index in [0.717, 1.165) is 12.2 Å². The van der Waals surface area contributed by atoms with Crippen LogP contribution in [0.1, 0.15) is 25.4 Å². The van der Waals surface area contributed by atoms with Crippen molar-refractivity contribution in [1.82, 2.24) is 9.55 Å². The summed E-state index contributed by atoms with van der Waals surface area (Å²) in [5.41, 5.74) is 0.630. The highest BCUT2D eigenvalue weighted by atomic mass is 15.1. The lowest BCUT2D eigenvalue weighted by molar-refractivity contribution is 0.601. The second-order valence-corrected chi connectivity index (χ2v) is 3.33. The van der Waals surface area contributed by atoms with E-state index in [4.69, 9.17) is 5.26 Å². The van der Waals surface area contributed by atoms with Gasteiger partial charge < -0.3 is 4.57 Å². The fourth-order valence-corrected chi connectivity index (χ4v) is 1.11. The van der Waals surface area contributed by atoms with E-state index >= 15 is 0 Å². The number of hydrogen-bond acceptors (Lipinski definition) is 2. The molecule has 0 aliphatic heterocycles. The zero-order valence-corrected chi connectivity index (χ0v) is 7.70. The van der Waals surface area contributed by atoms with Gasteiger partial charge >= 0.3 is 0 Å². The first-order valence-electron chi connectivity index (χ1n) is 4.06. The van der Waals surface area contributed by atoms with E-state index in [1.54, 1.807) is 6.20 Å². The summed E-state index contributed by atoms with van der Waals surface area (Å²) in [5.74, 6) is 1.57. The maximum atomic E-state index is 8.66. The highest BCUT2D eigenvalue weighted by molar-refractivity contribution is 5.19. The van der Waals surface area contributed by atoms with Crippen LogP contribution in [0.15, 0.2) is 6.20 Å². The zero-order chi connectivity index (χ0) is 9.14. The topological polar surface area (TPSA) is 41.6 Å². The van der Waals surface area contributed by atoms with Crippen LogP contribution in [-0.4, -0.2) is 9.55 Å². The molecule has 0 saturated heterocycles. The highest BCUT2D eigenvalue weighted by Crippen LogP contribution is 2.07. The molecule has 3 nitrogen and oxygen atoms in total. The molecule has 1 aromatic heterocycles. The molecule has 3 heteroatoms. The van der Waals surface area contributed by atoms with Gasteiger partial charge in [0.25, 0.3) is 0 Å². The lowest BCUT2D eigenvalue weighted by atomic mass is 10.1. The van der Waals surface area contributed by atoms with Crippen LogP contribution in [0.5, 0.6) is 0 Å². The van der Waals surface area contributed by atoms with Crippen LogP contribution in [0.4, 0.5) is 0 Å². The Morgan fingerprint density at radius 3 is 2.75 bits per heavy atom. The molecule has 0 aliphatic rings. The summed E-state index contributed by atoms with van der Waals surface area (Å²) in [5, 5.41) is 8.66. The fourth-order valence-electron chi connectivity index (χ4n) is 1.11. The molecule has 0 aromatic carbocycles. The Kier molecular flexibility index (Phi) is 2.49. The van der Waals surface area contributed by atoms with Gasteiger partial charge in [-0.2, -0.15) is 5.26 Å². The van der Waals surface area contributed by atoms with Crippen molar-refractivity contribution in [1.29, 1.82) is 5.26 Å². The quantitative estimate of drug-likeness (QED) is 0.662. The first-order chi connectivity index (χ1) is 5.65. The normalized spacial score (nSPS) is 10.2. The van der Waals surface area contributed by atoms with Crippen molar-refractivity contribution in [3.8, 4) is 6.07 Å². The second kappa shape index (κ2) is 3.40. The molecule has 0 spiro atoms. The minimum atomic E-state index is 0.581. The molecule has 0 aliphatic carbocycles. The van der Waals surface area contributed by atoms with Crippen LogP contribution in [0, 0.1) is 17.2 Å². The largest absolute Gasteiger partial charge is 0.323 e. The average Bonchev–Trinajstić information content (AvgIpc) is 2.32. The highest BCUT2D eigenvalue weighted by Gasteiger charge is 2.06. The molecule has 64 valence electrons. The molecule has 0 N–H and O–H groups in total. The van der Waals surface area contributed by atoms with E-state index in [1.165, 1.54) is 0 Å². The predicted octanol–water partition coefficient (Wildman–Crippen LogP) is 1.49. The number of nitrogens with zero attached hydrogens (tertiary/aromatic N) is 3. The monoisotopic (exact) mass is 163 g/mol. The standard InChI is InChI=1S/C9H13N3/c1-7(2)4-9-11-6-8(5-10)12(9)3/h6-7H,4H2,1-3H3. The van der Waals surface area contributed by atoms with Crippen molar-refractivity contribution in [2.45, 2.75) is 20.3 Å². The lowest BCUT2D eigenvalue weighted by Gasteiger charge is -2.04. The molecule has 1 rings (SSSR count). The van der Waals surface area contributed by atoms with Crippen LogP contribution in [0.3, 0.4) is 0 Å². The van der Waals surface area contributed by atoms with Gasteiger partial charge in [-0.1, -0.05) is 13.8 Å². The van der Waals surface area contributed by atoms with E-state index in [0.29, 0.717) is 11.6 Å². The molecule has 0 unspecified atom stereocenters. The molecule has 0 bridgehead atoms. The number of aromatic nitrogens is 2. The summed E-state index contributed by atoms with van der Waals surface area (Å²) in [6, 6.07) is 2.09. The van der Waals surface area contributed by atoms with Crippen molar-refractivity contribution in [3.63, 3.8) is 0 Å². The van der Waals surface area contributed by atoms with Crippen molar-refractivity contribution in [2.75, 3.05) is 0 Å². The molecular weight excluding hydrogens is 150 g/mol. The molecule has 0 atom stereocenters. The van der Waals surface area contributed by atoms with Gasteiger partial charge in [0.2, 0.25) is 0 Å². The molecule has 0 saturated carbocycles. The third kappa shape index (κ3) is 1.65. The maximum Gasteiger partial charge on any atom is 0.139 e. The van der Waals surface area contributed by atoms with Crippen LogP contribution in [0.2, 0.25) is 0 Å².